The number of hydrogen-bond donors (Lipinski definition) is 0. The number of benzene rings is 4. The molecule has 1 aliphatic carbocycles. The Hall–Kier alpha value is -3.91. The minimum atomic E-state index is -0.102. The molecule has 0 atom stereocenters. The molecule has 6 aromatic rings. The van der Waals surface area contributed by atoms with Crippen molar-refractivity contribution in [3.63, 3.8) is 0 Å². The van der Waals surface area contributed by atoms with E-state index in [2.05, 4.69) is 178 Å². The Morgan fingerprint density at radius 2 is 1.18 bits per heavy atom. The summed E-state index contributed by atoms with van der Waals surface area (Å²) in [6, 6.07) is 39.5. The molecule has 0 aliphatic heterocycles. The number of nitrogens with zero attached hydrogens (tertiary/aromatic N) is 2. The molecule has 1 radical (unpaired) electrons. The van der Waals surface area contributed by atoms with Gasteiger partial charge in [-0.05, 0) is 90.5 Å². The maximum absolute atomic E-state index is 4.83. The first-order chi connectivity index (χ1) is 22.9. The van der Waals surface area contributed by atoms with E-state index in [0.29, 0.717) is 0 Å². The van der Waals surface area contributed by atoms with Gasteiger partial charge in [0.05, 0.1) is 0 Å². The molecule has 2 aromatic heterocycles. The number of aromatic nitrogens is 2. The molecule has 1 aliphatic rings. The minimum absolute atomic E-state index is 0. The van der Waals surface area contributed by atoms with Gasteiger partial charge in [-0.1, -0.05) is 106 Å². The molecule has 2 nitrogen and oxygen atoms in total. The first-order valence-corrected chi connectivity index (χ1v) is 17.5. The van der Waals surface area contributed by atoms with Gasteiger partial charge >= 0.3 is 0 Å². The summed E-state index contributed by atoms with van der Waals surface area (Å²) in [5, 5.41) is 2.58. The van der Waals surface area contributed by atoms with Crippen molar-refractivity contribution in [1.82, 2.24) is 9.97 Å². The summed E-state index contributed by atoms with van der Waals surface area (Å²) in [5.74, 6) is 0. The van der Waals surface area contributed by atoms with E-state index < -0.39 is 0 Å². The summed E-state index contributed by atoms with van der Waals surface area (Å²) < 4.78 is 0. The van der Waals surface area contributed by atoms with Crippen molar-refractivity contribution in [2.75, 3.05) is 0 Å². The van der Waals surface area contributed by atoms with Gasteiger partial charge in [0.25, 0.3) is 0 Å². The van der Waals surface area contributed by atoms with Gasteiger partial charge in [0.2, 0.25) is 0 Å². The maximum atomic E-state index is 4.83. The first-order valence-electron chi connectivity index (χ1n) is 17.5. The third-order valence-electron chi connectivity index (χ3n) is 9.93. The average molecular weight is 835 g/mol. The molecule has 2 heterocycles. The average Bonchev–Trinajstić information content (AvgIpc) is 3.28. The fourth-order valence-electron chi connectivity index (χ4n) is 6.80. The van der Waals surface area contributed by atoms with Gasteiger partial charge in [0, 0.05) is 37.9 Å². The summed E-state index contributed by atoms with van der Waals surface area (Å²) in [4.78, 5) is 9.34. The summed E-state index contributed by atoms with van der Waals surface area (Å²) in [5.41, 5.74) is 13.7. The van der Waals surface area contributed by atoms with Gasteiger partial charge in [-0.3, -0.25) is 0 Å². The first kappa shape index (κ1) is 37.3. The number of pyridine rings is 2. The van der Waals surface area contributed by atoms with E-state index in [1.807, 2.05) is 18.5 Å². The molecule has 0 saturated heterocycles. The monoisotopic (exact) mass is 835 g/mol. The topological polar surface area (TPSA) is 25.8 Å². The summed E-state index contributed by atoms with van der Waals surface area (Å²) in [6.07, 6.45) is 3.84. The van der Waals surface area contributed by atoms with Crippen LogP contribution in [0.2, 0.25) is 0 Å². The van der Waals surface area contributed by atoms with Gasteiger partial charge in [-0.15, -0.1) is 70.8 Å². The van der Waals surface area contributed by atoms with Crippen LogP contribution in [0.25, 0.3) is 44.4 Å². The van der Waals surface area contributed by atoms with Crippen molar-refractivity contribution in [1.29, 1.82) is 0 Å². The largest absolute Gasteiger partial charge is 0.305 e. The second kappa shape index (κ2) is 13.7. The van der Waals surface area contributed by atoms with Crippen LogP contribution in [-0.2, 0) is 41.8 Å². The third-order valence-corrected chi connectivity index (χ3v) is 9.93. The molecule has 0 amide bonds. The van der Waals surface area contributed by atoms with Gasteiger partial charge in [-0.2, -0.15) is 0 Å². The van der Waals surface area contributed by atoms with Gasteiger partial charge in [0.15, 0.2) is 0 Å². The molecule has 0 fully saturated rings. The number of hydrogen-bond acceptors (Lipinski definition) is 2. The van der Waals surface area contributed by atoms with E-state index >= 15 is 0 Å². The van der Waals surface area contributed by atoms with E-state index in [9.17, 15) is 0 Å². The SMILES string of the molecule is CC(C)(C)c1c[c-]c(-c2nccc3c2C(C)(C)c2cc4ccccc4cc2-3)cc1.CC(C)(C)c1cc[c-]c(-c2cc(C(C)(C)C)ccn2)c1.[Ir]. The fraction of sp³-hybridized carbons (Fsp3) is 0.319. The van der Waals surface area contributed by atoms with Crippen LogP contribution in [0, 0.1) is 12.1 Å². The van der Waals surface area contributed by atoms with E-state index in [1.165, 1.54) is 49.7 Å². The normalized spacial score (nSPS) is 13.5. The van der Waals surface area contributed by atoms with Gasteiger partial charge < -0.3 is 9.97 Å². The van der Waals surface area contributed by atoms with Crippen molar-refractivity contribution >= 4 is 10.8 Å². The zero-order valence-corrected chi connectivity index (χ0v) is 33.9. The molecular weight excluding hydrogens is 785 g/mol. The summed E-state index contributed by atoms with van der Waals surface area (Å²) >= 11 is 0. The van der Waals surface area contributed by atoms with Crippen LogP contribution in [0.3, 0.4) is 0 Å². The Morgan fingerprint density at radius 1 is 0.560 bits per heavy atom. The van der Waals surface area contributed by atoms with Gasteiger partial charge in [0.1, 0.15) is 0 Å². The second-order valence-electron chi connectivity index (χ2n) is 17.1. The van der Waals surface area contributed by atoms with Gasteiger partial charge in [-0.25, -0.2) is 0 Å². The number of fused-ring (bicyclic) bond motifs is 4. The predicted molar refractivity (Wildman–Crippen MR) is 208 cm³/mol. The van der Waals surface area contributed by atoms with E-state index in [0.717, 1.165) is 22.5 Å². The maximum Gasteiger partial charge on any atom is 0.0167 e. The third kappa shape index (κ3) is 7.41. The van der Waals surface area contributed by atoms with E-state index in [-0.39, 0.29) is 41.8 Å². The molecule has 0 N–H and O–H groups in total. The van der Waals surface area contributed by atoms with Crippen LogP contribution in [0.4, 0.5) is 0 Å². The fourth-order valence-corrected chi connectivity index (χ4v) is 6.80. The van der Waals surface area contributed by atoms with Crippen LogP contribution in [0.5, 0.6) is 0 Å². The molecule has 0 spiro atoms. The zero-order valence-electron chi connectivity index (χ0n) is 31.5. The van der Waals surface area contributed by atoms with E-state index in [4.69, 9.17) is 4.98 Å². The Bertz CT molecular complexity index is 2080. The second-order valence-corrected chi connectivity index (χ2v) is 17.1. The van der Waals surface area contributed by atoms with Crippen LogP contribution in [-0.4, -0.2) is 9.97 Å². The molecular formula is C47H50IrN2-2. The molecule has 50 heavy (non-hydrogen) atoms. The molecule has 7 rings (SSSR count). The molecule has 0 unspecified atom stereocenters. The molecule has 3 heteroatoms. The van der Waals surface area contributed by atoms with E-state index in [1.54, 1.807) is 0 Å². The molecule has 0 saturated carbocycles. The van der Waals surface area contributed by atoms with Crippen molar-refractivity contribution < 1.29 is 20.1 Å². The Kier molecular flexibility index (Phi) is 10.2. The predicted octanol–water partition coefficient (Wildman–Crippen LogP) is 12.4. The van der Waals surface area contributed by atoms with Crippen molar-refractivity contribution in [2.24, 2.45) is 0 Å². The minimum Gasteiger partial charge on any atom is -0.305 e. The van der Waals surface area contributed by atoms with Crippen LogP contribution in [0.1, 0.15) is 104 Å². The van der Waals surface area contributed by atoms with Crippen molar-refractivity contribution in [2.45, 2.75) is 97.8 Å². The number of rotatable bonds is 2. The molecule has 4 aromatic carbocycles. The van der Waals surface area contributed by atoms with Crippen molar-refractivity contribution in [3.8, 4) is 33.6 Å². The standard InChI is InChI=1S/C28H26N.C19H24N.Ir/c1-27(2,3)21-12-10-18(11-13-21)26-25-22(14-15-29-26)23-16-19-8-6-7-9-20(19)17-24(23)28(25,4)5;1-18(2,3)15-9-7-8-14(12-15)17-13-16(10-11-20-17)19(4,5)6;/h6-10,12-17H,1-5H3;7,9-13H,1-6H3;/q2*-1;. The Morgan fingerprint density at radius 3 is 1.80 bits per heavy atom. The Labute approximate surface area is 314 Å². The molecule has 0 bridgehead atoms. The van der Waals surface area contributed by atoms with Crippen molar-refractivity contribution in [3.05, 3.63) is 143 Å². The summed E-state index contributed by atoms with van der Waals surface area (Å²) in [7, 11) is 0. The zero-order chi connectivity index (χ0) is 35.4. The smallest absolute Gasteiger partial charge is 0.0167 e. The molecule has 259 valence electrons. The quantitative estimate of drug-likeness (QED) is 0.162. The van der Waals surface area contributed by atoms with Crippen LogP contribution < -0.4 is 0 Å². The Balaban J connectivity index is 0.000000204. The van der Waals surface area contributed by atoms with Crippen LogP contribution >= 0.6 is 0 Å². The summed E-state index contributed by atoms with van der Waals surface area (Å²) in [6.45, 7) is 24.7. The van der Waals surface area contributed by atoms with Crippen LogP contribution in [0.15, 0.2) is 103 Å².